The van der Waals surface area contributed by atoms with E-state index in [1.807, 2.05) is 18.2 Å². The number of aryl methyl sites for hydroxylation is 1. The largest absolute Gasteiger partial charge is 0.495 e. The van der Waals surface area contributed by atoms with E-state index in [-0.39, 0.29) is 11.5 Å². The second-order valence-electron chi connectivity index (χ2n) is 7.79. The van der Waals surface area contributed by atoms with Crippen molar-refractivity contribution >= 4 is 29.0 Å². The van der Waals surface area contributed by atoms with Crippen LogP contribution in [0.1, 0.15) is 12.8 Å². The maximum Gasteiger partial charge on any atom is 0.282 e. The van der Waals surface area contributed by atoms with Crippen molar-refractivity contribution in [1.82, 2.24) is 14.7 Å². The SMILES string of the molecule is COc1ccccc1N1CCN(CCC(=O)N2CCCSc3c2cnn(C)c3=O)CC1. The fourth-order valence-corrected chi connectivity index (χ4v) is 5.15. The van der Waals surface area contributed by atoms with E-state index < -0.39 is 0 Å². The summed E-state index contributed by atoms with van der Waals surface area (Å²) in [5.41, 5.74) is 1.65. The molecule has 3 heterocycles. The lowest BCUT2D eigenvalue weighted by Crippen LogP contribution is -2.47. The molecule has 8 nitrogen and oxygen atoms in total. The third-order valence-corrected chi connectivity index (χ3v) is 7.04. The van der Waals surface area contributed by atoms with Crippen LogP contribution < -0.4 is 20.1 Å². The van der Waals surface area contributed by atoms with Crippen molar-refractivity contribution in [2.75, 3.05) is 61.9 Å². The second kappa shape index (κ2) is 9.74. The first-order chi connectivity index (χ1) is 15.1. The highest BCUT2D eigenvalue weighted by atomic mass is 32.2. The Morgan fingerprint density at radius 2 is 1.90 bits per heavy atom. The van der Waals surface area contributed by atoms with E-state index in [9.17, 15) is 9.59 Å². The van der Waals surface area contributed by atoms with Crippen molar-refractivity contribution in [3.05, 3.63) is 40.8 Å². The van der Waals surface area contributed by atoms with Crippen LogP contribution in [0.3, 0.4) is 0 Å². The average Bonchev–Trinajstić information content (AvgIpc) is 3.03. The maximum absolute atomic E-state index is 13.0. The summed E-state index contributed by atoms with van der Waals surface area (Å²) in [5.74, 6) is 1.79. The van der Waals surface area contributed by atoms with E-state index >= 15 is 0 Å². The highest BCUT2D eigenvalue weighted by Gasteiger charge is 2.26. The molecule has 4 rings (SSSR count). The summed E-state index contributed by atoms with van der Waals surface area (Å²) in [4.78, 5) is 32.6. The lowest BCUT2D eigenvalue weighted by Gasteiger charge is -2.36. The van der Waals surface area contributed by atoms with Crippen LogP contribution in [0.25, 0.3) is 0 Å². The molecule has 166 valence electrons. The molecule has 1 saturated heterocycles. The maximum atomic E-state index is 13.0. The van der Waals surface area contributed by atoms with E-state index in [2.05, 4.69) is 21.0 Å². The molecule has 0 atom stereocenters. The normalized spacial score (nSPS) is 17.2. The van der Waals surface area contributed by atoms with Gasteiger partial charge in [0.05, 0.1) is 29.6 Å². The quantitative estimate of drug-likeness (QED) is 0.698. The van der Waals surface area contributed by atoms with Crippen LogP contribution in [-0.4, -0.2) is 72.7 Å². The number of amides is 1. The van der Waals surface area contributed by atoms with Crippen molar-refractivity contribution in [1.29, 1.82) is 0 Å². The monoisotopic (exact) mass is 443 g/mol. The van der Waals surface area contributed by atoms with Crippen LogP contribution in [0.4, 0.5) is 11.4 Å². The fourth-order valence-electron chi connectivity index (χ4n) is 4.11. The van der Waals surface area contributed by atoms with E-state index in [1.54, 1.807) is 25.3 Å². The number of hydrogen-bond donors (Lipinski definition) is 0. The van der Waals surface area contributed by atoms with Crippen molar-refractivity contribution in [3.63, 3.8) is 0 Å². The summed E-state index contributed by atoms with van der Waals surface area (Å²) in [7, 11) is 3.34. The van der Waals surface area contributed by atoms with Crippen LogP contribution in [0.2, 0.25) is 0 Å². The number of aromatic nitrogens is 2. The van der Waals surface area contributed by atoms with Crippen molar-refractivity contribution in [2.24, 2.45) is 7.05 Å². The Morgan fingerprint density at radius 1 is 1.13 bits per heavy atom. The Hall–Kier alpha value is -2.52. The summed E-state index contributed by atoms with van der Waals surface area (Å²) in [6, 6.07) is 8.09. The van der Waals surface area contributed by atoms with Crippen molar-refractivity contribution < 1.29 is 9.53 Å². The smallest absolute Gasteiger partial charge is 0.282 e. The van der Waals surface area contributed by atoms with Gasteiger partial charge < -0.3 is 14.5 Å². The number of rotatable bonds is 5. The minimum Gasteiger partial charge on any atom is -0.495 e. The first kappa shape index (κ1) is 21.7. The van der Waals surface area contributed by atoms with Crippen LogP contribution in [-0.2, 0) is 11.8 Å². The zero-order valence-electron chi connectivity index (χ0n) is 18.1. The predicted molar refractivity (Wildman–Crippen MR) is 123 cm³/mol. The second-order valence-corrected chi connectivity index (χ2v) is 8.89. The van der Waals surface area contributed by atoms with Gasteiger partial charge in [-0.2, -0.15) is 5.10 Å². The molecule has 0 spiro atoms. The van der Waals surface area contributed by atoms with Crippen LogP contribution in [0.5, 0.6) is 5.75 Å². The van der Waals surface area contributed by atoms with Gasteiger partial charge in [-0.1, -0.05) is 12.1 Å². The number of carbonyl (C=O) groups excluding carboxylic acids is 1. The molecule has 1 fully saturated rings. The number of piperazine rings is 1. The predicted octanol–water partition coefficient (Wildman–Crippen LogP) is 1.83. The van der Waals surface area contributed by atoms with Gasteiger partial charge in [0, 0.05) is 52.7 Å². The van der Waals surface area contributed by atoms with Gasteiger partial charge >= 0.3 is 0 Å². The Bertz CT molecular complexity index is 987. The van der Waals surface area contributed by atoms with Gasteiger partial charge in [0.25, 0.3) is 5.56 Å². The molecule has 1 aromatic carbocycles. The molecule has 0 saturated carbocycles. The number of hydrogen-bond acceptors (Lipinski definition) is 7. The molecular formula is C22H29N5O3S. The van der Waals surface area contributed by atoms with Gasteiger partial charge in [-0.3, -0.25) is 14.5 Å². The van der Waals surface area contributed by atoms with Crippen molar-refractivity contribution in [2.45, 2.75) is 17.7 Å². The average molecular weight is 444 g/mol. The summed E-state index contributed by atoms with van der Waals surface area (Å²) in [6.45, 7) is 4.96. The first-order valence-electron chi connectivity index (χ1n) is 10.7. The zero-order chi connectivity index (χ0) is 21.8. The van der Waals surface area contributed by atoms with E-state index in [0.29, 0.717) is 23.5 Å². The zero-order valence-corrected chi connectivity index (χ0v) is 18.9. The molecule has 2 aliphatic rings. The summed E-state index contributed by atoms with van der Waals surface area (Å²) >= 11 is 1.53. The number of para-hydroxylation sites is 2. The number of methoxy groups -OCH3 is 1. The topological polar surface area (TPSA) is 70.9 Å². The van der Waals surface area contributed by atoms with Gasteiger partial charge in [-0.05, 0) is 24.3 Å². The number of benzene rings is 1. The minimum absolute atomic E-state index is 0.0611. The molecule has 0 radical (unpaired) electrons. The van der Waals surface area contributed by atoms with E-state index in [0.717, 1.165) is 56.3 Å². The molecule has 0 unspecified atom stereocenters. The Morgan fingerprint density at radius 3 is 2.68 bits per heavy atom. The van der Waals surface area contributed by atoms with Gasteiger partial charge in [-0.25, -0.2) is 4.68 Å². The molecule has 2 aliphatic heterocycles. The molecule has 0 bridgehead atoms. The molecule has 1 amide bonds. The number of fused-ring (bicyclic) bond motifs is 1. The minimum atomic E-state index is -0.130. The highest BCUT2D eigenvalue weighted by molar-refractivity contribution is 7.99. The molecule has 0 aliphatic carbocycles. The standard InChI is InChI=1S/C22H29N5O3S/c1-24-22(29)21-18(16-23-24)27(9-5-15-31-21)20(28)8-10-25-11-13-26(14-12-25)17-6-3-4-7-19(17)30-2/h3-4,6-7,16H,5,8-15H2,1-2H3. The third-order valence-electron chi connectivity index (χ3n) is 5.88. The lowest BCUT2D eigenvalue weighted by molar-refractivity contribution is -0.119. The third kappa shape index (κ3) is 4.72. The first-order valence-corrected chi connectivity index (χ1v) is 11.7. The number of nitrogens with zero attached hydrogens (tertiary/aromatic N) is 5. The van der Waals surface area contributed by atoms with Crippen LogP contribution in [0.15, 0.2) is 40.2 Å². The highest BCUT2D eigenvalue weighted by Crippen LogP contribution is 2.31. The number of thioether (sulfide) groups is 1. The van der Waals surface area contributed by atoms with Crippen molar-refractivity contribution in [3.8, 4) is 5.75 Å². The summed E-state index contributed by atoms with van der Waals surface area (Å²) in [6.07, 6.45) is 2.96. The lowest BCUT2D eigenvalue weighted by atomic mass is 10.2. The molecule has 31 heavy (non-hydrogen) atoms. The number of anilines is 2. The Balaban J connectivity index is 1.35. The summed E-state index contributed by atoms with van der Waals surface area (Å²) in [5, 5.41) is 4.14. The number of ether oxygens (including phenoxy) is 1. The van der Waals surface area contributed by atoms with Gasteiger partial charge in [0.15, 0.2) is 0 Å². The van der Waals surface area contributed by atoms with Gasteiger partial charge in [0.2, 0.25) is 5.91 Å². The van der Waals surface area contributed by atoms with E-state index in [4.69, 9.17) is 4.74 Å². The van der Waals surface area contributed by atoms with Crippen LogP contribution in [0, 0.1) is 0 Å². The van der Waals surface area contributed by atoms with E-state index in [1.165, 1.54) is 16.4 Å². The van der Waals surface area contributed by atoms with Gasteiger partial charge in [-0.15, -0.1) is 11.8 Å². The molecule has 2 aromatic rings. The molecular weight excluding hydrogens is 414 g/mol. The molecule has 9 heteroatoms. The Kier molecular flexibility index (Phi) is 6.82. The Labute approximate surface area is 186 Å². The summed E-state index contributed by atoms with van der Waals surface area (Å²) < 4.78 is 6.82. The number of carbonyl (C=O) groups is 1. The van der Waals surface area contributed by atoms with Crippen LogP contribution >= 0.6 is 11.8 Å². The molecule has 1 aromatic heterocycles. The fraction of sp³-hybridized carbons (Fsp3) is 0.500. The molecule has 0 N–H and O–H groups in total. The van der Waals surface area contributed by atoms with Gasteiger partial charge in [0.1, 0.15) is 5.75 Å².